The van der Waals surface area contributed by atoms with Gasteiger partial charge in [-0.05, 0) is 162 Å². The molecular weight excluding hydrogens is 793 g/mol. The summed E-state index contributed by atoms with van der Waals surface area (Å²) in [5.41, 5.74) is 14.8. The molecule has 0 aliphatic heterocycles. The molecule has 0 atom stereocenters. The van der Waals surface area contributed by atoms with Crippen molar-refractivity contribution in [1.29, 1.82) is 0 Å². The molecule has 13 aromatic carbocycles. The largest absolute Gasteiger partial charge is 0.0622 e. The summed E-state index contributed by atoms with van der Waals surface area (Å²) in [7, 11) is 0. The molecule has 66 heavy (non-hydrogen) atoms. The van der Waals surface area contributed by atoms with E-state index in [1.165, 1.54) is 131 Å². The molecule has 0 N–H and O–H groups in total. The van der Waals surface area contributed by atoms with Gasteiger partial charge >= 0.3 is 0 Å². The third-order valence-electron chi connectivity index (χ3n) is 13.8. The standard InChI is InChI=1S/C66H42/c1-3-20-43(21-4-1)59-39-45-24-7-9-26-47(45)41-61(59)65-55-34-15-11-30-51(55)63(52-31-12-16-35-56(52)65)49-28-19-29-50(38-49)64-53-32-13-17-36-57(53)66(58-37-18-14-33-54(58)64)62-42-48-27-10-8-25-46(48)40-60(62)44-22-5-2-6-23-44/h1-42H. The first-order valence-electron chi connectivity index (χ1n) is 22.9. The molecule has 0 saturated heterocycles. The predicted octanol–water partition coefficient (Wildman–Crippen LogP) is 18.6. The molecule has 0 nitrogen and oxygen atoms in total. The van der Waals surface area contributed by atoms with Gasteiger partial charge in [0.25, 0.3) is 0 Å². The molecule has 0 saturated carbocycles. The highest BCUT2D eigenvalue weighted by atomic mass is 14.3. The fraction of sp³-hybridized carbons (Fsp3) is 0. The van der Waals surface area contributed by atoms with Crippen LogP contribution < -0.4 is 0 Å². The normalized spacial score (nSPS) is 11.6. The lowest BCUT2D eigenvalue weighted by Gasteiger charge is -2.22. The number of fused-ring (bicyclic) bond motifs is 6. The Morgan fingerprint density at radius 1 is 0.152 bits per heavy atom. The minimum absolute atomic E-state index is 1.20. The first kappa shape index (κ1) is 37.9. The lowest BCUT2D eigenvalue weighted by atomic mass is 9.81. The van der Waals surface area contributed by atoms with Crippen LogP contribution in [0.4, 0.5) is 0 Å². The zero-order valence-electron chi connectivity index (χ0n) is 36.2. The molecule has 0 bridgehead atoms. The van der Waals surface area contributed by atoms with Crippen LogP contribution in [0.15, 0.2) is 255 Å². The predicted molar refractivity (Wildman–Crippen MR) is 284 cm³/mol. The van der Waals surface area contributed by atoms with Crippen LogP contribution in [-0.2, 0) is 0 Å². The van der Waals surface area contributed by atoms with Gasteiger partial charge in [-0.3, -0.25) is 0 Å². The maximum absolute atomic E-state index is 2.44. The van der Waals surface area contributed by atoms with E-state index < -0.39 is 0 Å². The molecule has 0 heterocycles. The summed E-state index contributed by atoms with van der Waals surface area (Å²) in [5, 5.41) is 14.9. The third kappa shape index (κ3) is 6.15. The van der Waals surface area contributed by atoms with Gasteiger partial charge in [-0.15, -0.1) is 0 Å². The van der Waals surface area contributed by atoms with Crippen LogP contribution in [-0.4, -0.2) is 0 Å². The van der Waals surface area contributed by atoms with Crippen LogP contribution in [0.1, 0.15) is 0 Å². The van der Waals surface area contributed by atoms with Crippen molar-refractivity contribution >= 4 is 64.6 Å². The van der Waals surface area contributed by atoms with Gasteiger partial charge in [-0.2, -0.15) is 0 Å². The first-order valence-corrected chi connectivity index (χ1v) is 22.9. The molecule has 306 valence electrons. The molecule has 13 aromatic rings. The maximum Gasteiger partial charge on any atom is -0.00199 e. The maximum atomic E-state index is 2.44. The van der Waals surface area contributed by atoms with Crippen molar-refractivity contribution in [1.82, 2.24) is 0 Å². The molecular formula is C66H42. The van der Waals surface area contributed by atoms with E-state index in [-0.39, 0.29) is 0 Å². The lowest BCUT2D eigenvalue weighted by Crippen LogP contribution is -1.94. The summed E-state index contributed by atoms with van der Waals surface area (Å²) in [5.74, 6) is 0. The summed E-state index contributed by atoms with van der Waals surface area (Å²) in [6.07, 6.45) is 0. The van der Waals surface area contributed by atoms with Gasteiger partial charge in [-0.1, -0.05) is 224 Å². The van der Waals surface area contributed by atoms with E-state index in [1.54, 1.807) is 0 Å². The number of hydrogen-bond donors (Lipinski definition) is 0. The van der Waals surface area contributed by atoms with Crippen molar-refractivity contribution in [2.75, 3.05) is 0 Å². The van der Waals surface area contributed by atoms with Crippen molar-refractivity contribution < 1.29 is 0 Å². The quantitative estimate of drug-likeness (QED) is 0.146. The second kappa shape index (κ2) is 15.6. The highest BCUT2D eigenvalue weighted by Gasteiger charge is 2.23. The highest BCUT2D eigenvalue weighted by molar-refractivity contribution is 6.25. The van der Waals surface area contributed by atoms with Crippen molar-refractivity contribution in [3.63, 3.8) is 0 Å². The van der Waals surface area contributed by atoms with Crippen LogP contribution in [0.25, 0.3) is 131 Å². The van der Waals surface area contributed by atoms with Gasteiger partial charge < -0.3 is 0 Å². The van der Waals surface area contributed by atoms with Crippen molar-refractivity contribution in [3.8, 4) is 66.8 Å². The monoisotopic (exact) mass is 834 g/mol. The zero-order chi connectivity index (χ0) is 43.6. The smallest absolute Gasteiger partial charge is 0.00199 e. The third-order valence-corrected chi connectivity index (χ3v) is 13.8. The second-order valence-electron chi connectivity index (χ2n) is 17.5. The van der Waals surface area contributed by atoms with E-state index in [9.17, 15) is 0 Å². The number of benzene rings is 13. The van der Waals surface area contributed by atoms with E-state index in [4.69, 9.17) is 0 Å². The molecule has 0 unspecified atom stereocenters. The molecule has 0 fully saturated rings. The Hall–Kier alpha value is -8.58. The minimum atomic E-state index is 1.20. The van der Waals surface area contributed by atoms with Gasteiger partial charge in [0, 0.05) is 0 Å². The van der Waals surface area contributed by atoms with E-state index in [0.29, 0.717) is 0 Å². The summed E-state index contributed by atoms with van der Waals surface area (Å²) < 4.78 is 0. The second-order valence-corrected chi connectivity index (χ2v) is 17.5. The summed E-state index contributed by atoms with van der Waals surface area (Å²) in [6, 6.07) is 94.3. The fourth-order valence-electron chi connectivity index (χ4n) is 10.9. The minimum Gasteiger partial charge on any atom is -0.0622 e. The van der Waals surface area contributed by atoms with E-state index in [0.717, 1.165) is 0 Å². The molecule has 0 aromatic heterocycles. The molecule has 0 aliphatic carbocycles. The van der Waals surface area contributed by atoms with E-state index in [2.05, 4.69) is 255 Å². The number of hydrogen-bond acceptors (Lipinski definition) is 0. The van der Waals surface area contributed by atoms with Crippen LogP contribution in [0.5, 0.6) is 0 Å². The molecule has 0 amide bonds. The van der Waals surface area contributed by atoms with Crippen LogP contribution in [0.3, 0.4) is 0 Å². The van der Waals surface area contributed by atoms with Crippen LogP contribution in [0, 0.1) is 0 Å². The van der Waals surface area contributed by atoms with E-state index in [1.807, 2.05) is 0 Å². The molecule has 0 spiro atoms. The van der Waals surface area contributed by atoms with Crippen molar-refractivity contribution in [2.24, 2.45) is 0 Å². The molecule has 13 rings (SSSR count). The zero-order valence-corrected chi connectivity index (χ0v) is 36.2. The highest BCUT2D eigenvalue weighted by Crippen LogP contribution is 2.50. The van der Waals surface area contributed by atoms with Gasteiger partial charge in [0.2, 0.25) is 0 Å². The summed E-state index contributed by atoms with van der Waals surface area (Å²) in [6.45, 7) is 0. The Labute approximate surface area is 384 Å². The SMILES string of the molecule is c1ccc(-c2cc3ccccc3cc2-c2c3ccccc3c(-c3cccc(-c4c5ccccc5c(-c5cc6ccccc6cc5-c5ccccc5)c5ccccc45)c3)c3ccccc23)cc1. The van der Waals surface area contributed by atoms with Gasteiger partial charge in [0.05, 0.1) is 0 Å². The lowest BCUT2D eigenvalue weighted by molar-refractivity contribution is 1.62. The summed E-state index contributed by atoms with van der Waals surface area (Å²) in [4.78, 5) is 0. The van der Waals surface area contributed by atoms with Gasteiger partial charge in [-0.25, -0.2) is 0 Å². The Kier molecular flexibility index (Phi) is 8.96. The fourth-order valence-corrected chi connectivity index (χ4v) is 10.9. The summed E-state index contributed by atoms with van der Waals surface area (Å²) >= 11 is 0. The van der Waals surface area contributed by atoms with Crippen LogP contribution >= 0.6 is 0 Å². The van der Waals surface area contributed by atoms with Crippen LogP contribution in [0.2, 0.25) is 0 Å². The van der Waals surface area contributed by atoms with E-state index >= 15 is 0 Å². The Bertz CT molecular complexity index is 3650. The van der Waals surface area contributed by atoms with Gasteiger partial charge in [0.15, 0.2) is 0 Å². The number of rotatable bonds is 6. The Morgan fingerprint density at radius 3 is 0.712 bits per heavy atom. The Morgan fingerprint density at radius 2 is 0.394 bits per heavy atom. The van der Waals surface area contributed by atoms with Gasteiger partial charge in [0.1, 0.15) is 0 Å². The molecule has 0 heteroatoms. The average molecular weight is 835 g/mol. The molecule has 0 aliphatic rings. The van der Waals surface area contributed by atoms with Crippen molar-refractivity contribution in [3.05, 3.63) is 255 Å². The average Bonchev–Trinajstić information content (AvgIpc) is 3.39. The van der Waals surface area contributed by atoms with Crippen molar-refractivity contribution in [2.45, 2.75) is 0 Å². The topological polar surface area (TPSA) is 0 Å². The molecule has 0 radical (unpaired) electrons. The first-order chi connectivity index (χ1) is 32.8. The Balaban J connectivity index is 1.07.